The number of nitrogens with zero attached hydrogens (tertiary/aromatic N) is 2. The minimum Gasteiger partial charge on any atom is -0.369 e. The Labute approximate surface area is 126 Å². The molecule has 1 aliphatic heterocycles. The van der Waals surface area contributed by atoms with Crippen molar-refractivity contribution in [2.45, 2.75) is 11.3 Å². The number of benzene rings is 1. The molecule has 1 fully saturated rings. The Morgan fingerprint density at radius 1 is 1.15 bits per heavy atom. The summed E-state index contributed by atoms with van der Waals surface area (Å²) in [6.07, 6.45) is 2.29. The largest absolute Gasteiger partial charge is 0.369 e. The molecule has 1 saturated heterocycles. The molecule has 0 amide bonds. The third kappa shape index (κ3) is 3.87. The monoisotopic (exact) mass is 316 g/mol. The van der Waals surface area contributed by atoms with Crippen molar-refractivity contribution < 1.29 is 8.42 Å². The van der Waals surface area contributed by atoms with Gasteiger partial charge in [-0.2, -0.15) is 0 Å². The number of sulfone groups is 1. The van der Waals surface area contributed by atoms with E-state index in [1.165, 1.54) is 6.26 Å². The molecule has 0 aromatic heterocycles. The Kier molecular flexibility index (Phi) is 5.29. The third-order valence-electron chi connectivity index (χ3n) is 3.59. The first-order chi connectivity index (χ1) is 9.52. The number of rotatable bonds is 4. The number of anilines is 1. The molecule has 6 heteroatoms. The number of hydrogen-bond acceptors (Lipinski definition) is 4. The fraction of sp³-hybridized carbons (Fsp3) is 0.571. The van der Waals surface area contributed by atoms with Gasteiger partial charge >= 0.3 is 0 Å². The summed E-state index contributed by atoms with van der Waals surface area (Å²) in [5.74, 6) is 0.639. The van der Waals surface area contributed by atoms with Crippen LogP contribution in [0, 0.1) is 0 Å². The lowest BCUT2D eigenvalue weighted by Crippen LogP contribution is -2.32. The molecule has 20 heavy (non-hydrogen) atoms. The van der Waals surface area contributed by atoms with Crippen LogP contribution in [0.3, 0.4) is 0 Å². The van der Waals surface area contributed by atoms with Gasteiger partial charge in [-0.05, 0) is 25.1 Å². The molecule has 0 spiro atoms. The van der Waals surface area contributed by atoms with Crippen molar-refractivity contribution in [2.75, 3.05) is 49.8 Å². The van der Waals surface area contributed by atoms with Gasteiger partial charge in [0, 0.05) is 38.3 Å². The van der Waals surface area contributed by atoms with Crippen LogP contribution >= 0.6 is 11.6 Å². The summed E-state index contributed by atoms with van der Waals surface area (Å²) in [5, 5.41) is 0. The molecule has 0 aliphatic carbocycles. The van der Waals surface area contributed by atoms with Gasteiger partial charge in [-0.1, -0.05) is 12.1 Å². The molecule has 112 valence electrons. The van der Waals surface area contributed by atoms with Crippen molar-refractivity contribution in [3.05, 3.63) is 24.3 Å². The Morgan fingerprint density at radius 2 is 1.90 bits per heavy atom. The molecular formula is C14H21ClN2O2S. The van der Waals surface area contributed by atoms with Crippen LogP contribution in [-0.2, 0) is 9.84 Å². The zero-order valence-corrected chi connectivity index (χ0v) is 13.3. The Hall–Kier alpha value is -0.780. The van der Waals surface area contributed by atoms with E-state index >= 15 is 0 Å². The van der Waals surface area contributed by atoms with Gasteiger partial charge in [0.1, 0.15) is 0 Å². The molecule has 0 unspecified atom stereocenters. The van der Waals surface area contributed by atoms with Crippen molar-refractivity contribution in [1.29, 1.82) is 0 Å². The lowest BCUT2D eigenvalue weighted by Gasteiger charge is -2.25. The summed E-state index contributed by atoms with van der Waals surface area (Å²) in [4.78, 5) is 4.92. The maximum absolute atomic E-state index is 11.9. The highest BCUT2D eigenvalue weighted by atomic mass is 35.5. The average molecular weight is 317 g/mol. The van der Waals surface area contributed by atoms with Gasteiger partial charge < -0.3 is 9.80 Å². The Morgan fingerprint density at radius 3 is 2.60 bits per heavy atom. The lowest BCUT2D eigenvalue weighted by molar-refractivity contribution is 0.311. The van der Waals surface area contributed by atoms with Crippen molar-refractivity contribution in [1.82, 2.24) is 4.90 Å². The fourth-order valence-corrected chi connectivity index (χ4v) is 3.73. The molecule has 1 aromatic carbocycles. The van der Waals surface area contributed by atoms with Crippen molar-refractivity contribution in [2.24, 2.45) is 0 Å². The van der Waals surface area contributed by atoms with E-state index in [1.54, 1.807) is 12.1 Å². The van der Waals surface area contributed by atoms with Crippen LogP contribution in [0.15, 0.2) is 29.2 Å². The molecule has 0 saturated carbocycles. The van der Waals surface area contributed by atoms with Gasteiger partial charge in [0.05, 0.1) is 10.6 Å². The molecule has 2 rings (SSSR count). The summed E-state index contributed by atoms with van der Waals surface area (Å²) in [5.41, 5.74) is 0.822. The minimum absolute atomic E-state index is 0.422. The fourth-order valence-electron chi connectivity index (χ4n) is 2.59. The predicted molar refractivity (Wildman–Crippen MR) is 83.5 cm³/mol. The predicted octanol–water partition coefficient (Wildman–Crippen LogP) is 1.84. The maximum Gasteiger partial charge on any atom is 0.177 e. The molecule has 0 bridgehead atoms. The van der Waals surface area contributed by atoms with Crippen LogP contribution in [0.25, 0.3) is 0 Å². The first-order valence-corrected chi connectivity index (χ1v) is 9.27. The van der Waals surface area contributed by atoms with Crippen molar-refractivity contribution in [3.8, 4) is 0 Å². The number of para-hydroxylation sites is 1. The molecule has 1 aliphatic rings. The highest BCUT2D eigenvalue weighted by molar-refractivity contribution is 7.90. The topological polar surface area (TPSA) is 40.6 Å². The zero-order chi connectivity index (χ0) is 14.6. The van der Waals surface area contributed by atoms with Crippen LogP contribution in [0.4, 0.5) is 5.69 Å². The SMILES string of the molecule is CS(=O)(=O)c1ccccc1N1CCCN(CCCl)CC1. The summed E-state index contributed by atoms with van der Waals surface area (Å²) in [7, 11) is -3.19. The lowest BCUT2D eigenvalue weighted by atomic mass is 10.2. The Balaban J connectivity index is 2.20. The third-order valence-corrected chi connectivity index (χ3v) is 4.91. The van der Waals surface area contributed by atoms with E-state index in [4.69, 9.17) is 11.6 Å². The first kappa shape index (κ1) is 15.6. The van der Waals surface area contributed by atoms with Gasteiger partial charge in [-0.3, -0.25) is 0 Å². The molecule has 1 heterocycles. The number of halogens is 1. The zero-order valence-electron chi connectivity index (χ0n) is 11.8. The van der Waals surface area contributed by atoms with Crippen molar-refractivity contribution in [3.63, 3.8) is 0 Å². The minimum atomic E-state index is -3.19. The van der Waals surface area contributed by atoms with E-state index in [0.717, 1.165) is 44.8 Å². The van der Waals surface area contributed by atoms with Crippen LogP contribution in [0.1, 0.15) is 6.42 Å². The van der Waals surface area contributed by atoms with E-state index < -0.39 is 9.84 Å². The smallest absolute Gasteiger partial charge is 0.177 e. The van der Waals surface area contributed by atoms with E-state index in [2.05, 4.69) is 9.80 Å². The van der Waals surface area contributed by atoms with Gasteiger partial charge in [0.15, 0.2) is 9.84 Å². The van der Waals surface area contributed by atoms with Crippen molar-refractivity contribution >= 4 is 27.1 Å². The van der Waals surface area contributed by atoms with E-state index in [-0.39, 0.29) is 0 Å². The molecule has 0 N–H and O–H groups in total. The first-order valence-electron chi connectivity index (χ1n) is 6.85. The van der Waals surface area contributed by atoms with Gasteiger partial charge in [-0.25, -0.2) is 8.42 Å². The van der Waals surface area contributed by atoms with Crippen LogP contribution in [0.5, 0.6) is 0 Å². The second-order valence-electron chi connectivity index (χ2n) is 5.11. The molecule has 0 atom stereocenters. The molecule has 1 aromatic rings. The summed E-state index contributed by atoms with van der Waals surface area (Å²) >= 11 is 5.79. The average Bonchev–Trinajstić information content (AvgIpc) is 2.64. The summed E-state index contributed by atoms with van der Waals surface area (Å²) in [6, 6.07) is 7.25. The standard InChI is InChI=1S/C14H21ClN2O2S/c1-20(18,19)14-6-3-2-5-13(14)17-9-4-8-16(10-7-15)11-12-17/h2-3,5-6H,4,7-12H2,1H3. The summed E-state index contributed by atoms with van der Waals surface area (Å²) < 4.78 is 23.8. The van der Waals surface area contributed by atoms with Gasteiger partial charge in [0.25, 0.3) is 0 Å². The van der Waals surface area contributed by atoms with E-state index in [0.29, 0.717) is 10.8 Å². The van der Waals surface area contributed by atoms with Crippen LogP contribution < -0.4 is 4.90 Å². The normalized spacial score (nSPS) is 18.0. The molecule has 0 radical (unpaired) electrons. The molecule has 4 nitrogen and oxygen atoms in total. The van der Waals surface area contributed by atoms with Gasteiger partial charge in [-0.15, -0.1) is 11.6 Å². The maximum atomic E-state index is 11.9. The molecular weight excluding hydrogens is 296 g/mol. The second-order valence-corrected chi connectivity index (χ2v) is 7.47. The van der Waals surface area contributed by atoms with E-state index in [1.807, 2.05) is 12.1 Å². The summed E-state index contributed by atoms with van der Waals surface area (Å²) in [6.45, 7) is 4.55. The Bertz CT molecular complexity index is 548. The highest BCUT2D eigenvalue weighted by Gasteiger charge is 2.20. The second kappa shape index (κ2) is 6.78. The quantitative estimate of drug-likeness (QED) is 0.795. The van der Waals surface area contributed by atoms with Gasteiger partial charge in [0.2, 0.25) is 0 Å². The highest BCUT2D eigenvalue weighted by Crippen LogP contribution is 2.25. The number of alkyl halides is 1. The van der Waals surface area contributed by atoms with E-state index in [9.17, 15) is 8.42 Å². The van der Waals surface area contributed by atoms with Crippen LogP contribution in [-0.4, -0.2) is 58.2 Å². The number of hydrogen-bond donors (Lipinski definition) is 0. The van der Waals surface area contributed by atoms with Crippen LogP contribution in [0.2, 0.25) is 0 Å².